The minimum atomic E-state index is -0.360. The molecule has 148 valence electrons. The lowest BCUT2D eigenvalue weighted by atomic mass is 9.73. The molecule has 1 atom stereocenters. The molecule has 0 unspecified atom stereocenters. The van der Waals surface area contributed by atoms with Crippen LogP contribution in [-0.2, 0) is 4.79 Å². The number of aromatic amines is 1. The molecule has 5 rings (SSSR count). The highest BCUT2D eigenvalue weighted by atomic mass is 16.2. The molecule has 0 radical (unpaired) electrons. The largest absolute Gasteiger partial charge is 0.339 e. The average molecular weight is 383 g/mol. The van der Waals surface area contributed by atoms with Gasteiger partial charge >= 0.3 is 0 Å². The highest BCUT2D eigenvalue weighted by Crippen LogP contribution is 2.42. The van der Waals surface area contributed by atoms with E-state index in [2.05, 4.69) is 10.1 Å². The van der Waals surface area contributed by atoms with E-state index in [-0.39, 0.29) is 28.4 Å². The van der Waals surface area contributed by atoms with Crippen LogP contribution in [-0.4, -0.2) is 61.9 Å². The van der Waals surface area contributed by atoms with Crippen LogP contribution in [0.25, 0.3) is 5.65 Å². The molecule has 2 saturated heterocycles. The minimum Gasteiger partial charge on any atom is -0.339 e. The van der Waals surface area contributed by atoms with E-state index in [1.807, 2.05) is 11.8 Å². The van der Waals surface area contributed by atoms with Crippen LogP contribution >= 0.6 is 0 Å². The fourth-order valence-corrected chi connectivity index (χ4v) is 4.87. The van der Waals surface area contributed by atoms with Gasteiger partial charge in [0.15, 0.2) is 5.65 Å². The first-order valence-electron chi connectivity index (χ1n) is 10.1. The number of carbonyl (C=O) groups is 2. The van der Waals surface area contributed by atoms with E-state index in [1.54, 1.807) is 11.0 Å². The molecule has 2 aliphatic heterocycles. The Morgan fingerprint density at radius 1 is 1.25 bits per heavy atom. The van der Waals surface area contributed by atoms with E-state index in [1.165, 1.54) is 10.7 Å². The van der Waals surface area contributed by atoms with Crippen molar-refractivity contribution in [1.82, 2.24) is 24.4 Å². The van der Waals surface area contributed by atoms with Crippen molar-refractivity contribution in [2.75, 3.05) is 19.6 Å². The van der Waals surface area contributed by atoms with Gasteiger partial charge in [0.1, 0.15) is 5.56 Å². The summed E-state index contributed by atoms with van der Waals surface area (Å²) >= 11 is 0. The first-order chi connectivity index (χ1) is 13.5. The standard InChI is InChI=1S/C20H25N5O3/c1-13-9-16-21-10-15(19(28)25(16)22-13)18(27)23-8-2-6-20(11-23)7-5-17(26)24(12-20)14-3-4-14/h9-10,14,22H,2-8,11-12H2,1H3/t20-/m1/s1. The number of aromatic nitrogens is 3. The van der Waals surface area contributed by atoms with E-state index < -0.39 is 0 Å². The average Bonchev–Trinajstić information content (AvgIpc) is 3.45. The quantitative estimate of drug-likeness (QED) is 0.847. The molecular weight excluding hydrogens is 358 g/mol. The van der Waals surface area contributed by atoms with Crippen LogP contribution in [0, 0.1) is 12.3 Å². The normalized spacial score (nSPS) is 25.7. The van der Waals surface area contributed by atoms with Gasteiger partial charge in [0, 0.05) is 55.5 Å². The molecule has 2 aromatic heterocycles. The van der Waals surface area contributed by atoms with Crippen LogP contribution in [0.15, 0.2) is 17.1 Å². The molecular formula is C20H25N5O3. The Morgan fingerprint density at radius 2 is 2.07 bits per heavy atom. The van der Waals surface area contributed by atoms with E-state index in [4.69, 9.17) is 0 Å². The maximum absolute atomic E-state index is 13.2. The number of rotatable bonds is 2. The van der Waals surface area contributed by atoms with Crippen LogP contribution < -0.4 is 5.56 Å². The van der Waals surface area contributed by atoms with Crippen molar-refractivity contribution < 1.29 is 9.59 Å². The number of H-pyrrole nitrogens is 1. The fourth-order valence-electron chi connectivity index (χ4n) is 4.87. The Labute approximate surface area is 162 Å². The second-order valence-electron chi connectivity index (χ2n) is 8.69. The van der Waals surface area contributed by atoms with E-state index in [0.717, 1.165) is 44.3 Å². The molecule has 1 N–H and O–H groups in total. The minimum absolute atomic E-state index is 0.0405. The first-order valence-corrected chi connectivity index (χ1v) is 10.1. The SMILES string of the molecule is Cc1cc2ncc(C(=O)N3CCC[C@@]4(CCC(=O)N(C5CC5)C4)C3)c(=O)n2[nH]1. The summed E-state index contributed by atoms with van der Waals surface area (Å²) in [5.41, 5.74) is 1.03. The van der Waals surface area contributed by atoms with E-state index in [0.29, 0.717) is 31.2 Å². The molecule has 1 spiro atoms. The smallest absolute Gasteiger partial charge is 0.285 e. The number of nitrogens with zero attached hydrogens (tertiary/aromatic N) is 4. The predicted molar refractivity (Wildman–Crippen MR) is 102 cm³/mol. The monoisotopic (exact) mass is 383 g/mol. The number of aryl methyl sites for hydroxylation is 1. The molecule has 1 saturated carbocycles. The van der Waals surface area contributed by atoms with Gasteiger partial charge in [-0.05, 0) is 39.0 Å². The van der Waals surface area contributed by atoms with Gasteiger partial charge in [-0.15, -0.1) is 0 Å². The van der Waals surface area contributed by atoms with Gasteiger partial charge in [0.2, 0.25) is 5.91 Å². The van der Waals surface area contributed by atoms with Gasteiger partial charge in [0.25, 0.3) is 11.5 Å². The third-order valence-electron chi connectivity index (χ3n) is 6.48. The summed E-state index contributed by atoms with van der Waals surface area (Å²) in [5.74, 6) is -0.000291. The van der Waals surface area contributed by atoms with Crippen molar-refractivity contribution in [3.63, 3.8) is 0 Å². The summed E-state index contributed by atoms with van der Waals surface area (Å²) in [4.78, 5) is 46.4. The Balaban J connectivity index is 1.40. The zero-order valence-electron chi connectivity index (χ0n) is 16.1. The van der Waals surface area contributed by atoms with Gasteiger partial charge in [-0.3, -0.25) is 19.5 Å². The lowest BCUT2D eigenvalue weighted by Gasteiger charge is -2.48. The second-order valence-corrected chi connectivity index (χ2v) is 8.69. The summed E-state index contributed by atoms with van der Waals surface area (Å²) in [7, 11) is 0. The highest BCUT2D eigenvalue weighted by Gasteiger charge is 2.46. The second kappa shape index (κ2) is 6.18. The Kier molecular flexibility index (Phi) is 3.86. The van der Waals surface area contributed by atoms with Crippen LogP contribution in [0.1, 0.15) is 54.6 Å². The lowest BCUT2D eigenvalue weighted by molar-refractivity contribution is -0.139. The number of piperidine rings is 2. The zero-order chi connectivity index (χ0) is 19.5. The predicted octanol–water partition coefficient (Wildman–Crippen LogP) is 1.34. The molecule has 28 heavy (non-hydrogen) atoms. The number of amides is 2. The third-order valence-corrected chi connectivity index (χ3v) is 6.48. The van der Waals surface area contributed by atoms with Crippen molar-refractivity contribution >= 4 is 17.5 Å². The van der Waals surface area contributed by atoms with Crippen molar-refractivity contribution in [1.29, 1.82) is 0 Å². The van der Waals surface area contributed by atoms with Crippen molar-refractivity contribution in [2.45, 2.75) is 51.5 Å². The maximum atomic E-state index is 13.2. The first kappa shape index (κ1) is 17.5. The number of nitrogens with one attached hydrogen (secondary N) is 1. The molecule has 3 aliphatic rings. The Bertz CT molecular complexity index is 1020. The fraction of sp³-hybridized carbons (Fsp3) is 0.600. The molecule has 4 heterocycles. The van der Waals surface area contributed by atoms with Gasteiger partial charge in [-0.25, -0.2) is 9.50 Å². The van der Waals surface area contributed by atoms with Crippen LogP contribution in [0.3, 0.4) is 0 Å². The summed E-state index contributed by atoms with van der Waals surface area (Å²) in [6.07, 6.45) is 6.91. The maximum Gasteiger partial charge on any atom is 0.285 e. The Hall–Kier alpha value is -2.64. The van der Waals surface area contributed by atoms with Crippen molar-refractivity contribution in [2.24, 2.45) is 5.41 Å². The summed E-state index contributed by atoms with van der Waals surface area (Å²) in [5, 5.41) is 2.94. The molecule has 2 amide bonds. The van der Waals surface area contributed by atoms with Crippen molar-refractivity contribution in [3.05, 3.63) is 33.9 Å². The molecule has 1 aliphatic carbocycles. The van der Waals surface area contributed by atoms with Crippen molar-refractivity contribution in [3.8, 4) is 0 Å². The van der Waals surface area contributed by atoms with E-state index in [9.17, 15) is 14.4 Å². The summed E-state index contributed by atoms with van der Waals surface area (Å²) < 4.78 is 1.33. The van der Waals surface area contributed by atoms with E-state index >= 15 is 0 Å². The number of likely N-dealkylation sites (tertiary alicyclic amines) is 2. The lowest BCUT2D eigenvalue weighted by Crippen LogP contribution is -2.55. The molecule has 8 heteroatoms. The Morgan fingerprint density at radius 3 is 2.86 bits per heavy atom. The molecule has 3 fully saturated rings. The number of hydrogen-bond acceptors (Lipinski definition) is 4. The van der Waals surface area contributed by atoms with Gasteiger partial charge in [0.05, 0.1) is 0 Å². The summed E-state index contributed by atoms with van der Waals surface area (Å²) in [6.45, 7) is 3.84. The number of fused-ring (bicyclic) bond motifs is 1. The van der Waals surface area contributed by atoms with Gasteiger partial charge in [-0.1, -0.05) is 0 Å². The van der Waals surface area contributed by atoms with Crippen LogP contribution in [0.5, 0.6) is 0 Å². The summed E-state index contributed by atoms with van der Waals surface area (Å²) in [6, 6.07) is 2.18. The van der Waals surface area contributed by atoms with Gasteiger partial charge < -0.3 is 9.80 Å². The number of carbonyl (C=O) groups excluding carboxylic acids is 2. The molecule has 2 aromatic rings. The number of hydrogen-bond donors (Lipinski definition) is 1. The topological polar surface area (TPSA) is 90.8 Å². The highest BCUT2D eigenvalue weighted by molar-refractivity contribution is 5.94. The van der Waals surface area contributed by atoms with Gasteiger partial charge in [-0.2, -0.15) is 0 Å². The molecule has 8 nitrogen and oxygen atoms in total. The molecule has 0 bridgehead atoms. The molecule has 0 aromatic carbocycles. The third kappa shape index (κ3) is 2.82. The van der Waals surface area contributed by atoms with Crippen LogP contribution in [0.4, 0.5) is 0 Å². The van der Waals surface area contributed by atoms with Crippen LogP contribution in [0.2, 0.25) is 0 Å². The zero-order valence-corrected chi connectivity index (χ0v) is 16.1.